The molecule has 1 aliphatic rings. The summed E-state index contributed by atoms with van der Waals surface area (Å²) in [5, 5.41) is 10.0. The Morgan fingerprint density at radius 1 is 1.46 bits per heavy atom. The Bertz CT molecular complexity index is 809. The van der Waals surface area contributed by atoms with Gasteiger partial charge in [-0.25, -0.2) is 4.98 Å². The number of aliphatic hydroxyl groups excluding tert-OH is 1. The maximum absolute atomic E-state index is 10.7. The molecule has 0 radical (unpaired) electrons. The van der Waals surface area contributed by atoms with E-state index < -0.39 is 26.4 Å². The fourth-order valence-electron chi connectivity index (χ4n) is 3.27. The molecule has 3 heterocycles. The van der Waals surface area contributed by atoms with E-state index in [-0.39, 0.29) is 16.7 Å². The highest BCUT2D eigenvalue weighted by atomic mass is 35.5. The molecular weight excluding hydrogens is 374 g/mol. The fourth-order valence-corrected chi connectivity index (χ4v) is 5.35. The minimum Gasteiger partial charge on any atom is -0.390 e. The van der Waals surface area contributed by atoms with Crippen molar-refractivity contribution in [3.05, 3.63) is 11.6 Å². The Labute approximate surface area is 159 Å². The molecular formula is C16H26ClN5O3Si. The van der Waals surface area contributed by atoms with Crippen LogP contribution in [-0.2, 0) is 14.8 Å². The van der Waals surface area contributed by atoms with Gasteiger partial charge >= 0.3 is 0 Å². The summed E-state index contributed by atoms with van der Waals surface area (Å²) in [6.45, 7) is 10.6. The Morgan fingerprint density at radius 3 is 2.77 bits per heavy atom. The van der Waals surface area contributed by atoms with Gasteiger partial charge in [0.15, 0.2) is 11.5 Å². The molecule has 0 bridgehead atoms. The number of nitrogens with zero attached hydrogens (tertiary/aromatic N) is 4. The van der Waals surface area contributed by atoms with Gasteiger partial charge in [0, 0.05) is 6.42 Å². The van der Waals surface area contributed by atoms with Crippen LogP contribution in [-0.4, -0.2) is 57.8 Å². The Morgan fingerprint density at radius 2 is 2.15 bits per heavy atom. The van der Waals surface area contributed by atoms with Crippen molar-refractivity contribution in [2.75, 3.05) is 12.3 Å². The van der Waals surface area contributed by atoms with Crippen molar-refractivity contribution in [1.82, 2.24) is 19.5 Å². The molecule has 0 aromatic carbocycles. The predicted molar refractivity (Wildman–Crippen MR) is 103 cm³/mol. The van der Waals surface area contributed by atoms with Gasteiger partial charge in [-0.05, 0) is 32.4 Å². The van der Waals surface area contributed by atoms with Crippen molar-refractivity contribution in [2.45, 2.75) is 63.4 Å². The van der Waals surface area contributed by atoms with E-state index in [1.54, 1.807) is 6.33 Å². The van der Waals surface area contributed by atoms with Crippen molar-refractivity contribution in [3.63, 3.8) is 0 Å². The second-order valence-electron chi connectivity index (χ2n) is 8.02. The van der Waals surface area contributed by atoms with E-state index in [2.05, 4.69) is 28.0 Å². The van der Waals surface area contributed by atoms with Gasteiger partial charge < -0.3 is 20.3 Å². The SMILES string of the molecule is C[SiH](C)[C@]1(n2cnc3c(N)nc(Cl)nc32)C[C@H](O)[C@@H](COC(C)(C)C)O1. The lowest BCUT2D eigenvalue weighted by Crippen LogP contribution is -2.45. The lowest BCUT2D eigenvalue weighted by Gasteiger charge is -2.34. The zero-order valence-electron chi connectivity index (χ0n) is 15.7. The van der Waals surface area contributed by atoms with E-state index in [1.165, 1.54) is 0 Å². The molecule has 0 aliphatic carbocycles. The van der Waals surface area contributed by atoms with Gasteiger partial charge in [-0.2, -0.15) is 9.97 Å². The number of rotatable bonds is 4. The number of hydrogen-bond donors (Lipinski definition) is 2. The Kier molecular flexibility index (Phi) is 5.04. The highest BCUT2D eigenvalue weighted by Crippen LogP contribution is 2.40. The number of nitrogens with two attached hydrogens (primary N) is 1. The maximum Gasteiger partial charge on any atom is 0.226 e. The zero-order valence-corrected chi connectivity index (χ0v) is 17.6. The van der Waals surface area contributed by atoms with Crippen LogP contribution >= 0.6 is 11.6 Å². The quantitative estimate of drug-likeness (QED) is 0.594. The molecule has 144 valence electrons. The van der Waals surface area contributed by atoms with Crippen LogP contribution in [0.25, 0.3) is 11.2 Å². The van der Waals surface area contributed by atoms with Gasteiger partial charge in [-0.1, -0.05) is 13.1 Å². The highest BCUT2D eigenvalue weighted by molar-refractivity contribution is 6.58. The van der Waals surface area contributed by atoms with Crippen molar-refractivity contribution in [1.29, 1.82) is 0 Å². The van der Waals surface area contributed by atoms with E-state index in [1.807, 2.05) is 25.3 Å². The van der Waals surface area contributed by atoms with E-state index in [9.17, 15) is 5.11 Å². The molecule has 0 unspecified atom stereocenters. The number of hydrogen-bond acceptors (Lipinski definition) is 7. The fraction of sp³-hybridized carbons (Fsp3) is 0.688. The first kappa shape index (κ1) is 19.5. The summed E-state index contributed by atoms with van der Waals surface area (Å²) in [6.07, 6.45) is 1.04. The molecule has 2 aromatic heterocycles. The third kappa shape index (κ3) is 3.46. The molecule has 8 nitrogen and oxygen atoms in total. The van der Waals surface area contributed by atoms with Crippen LogP contribution < -0.4 is 5.73 Å². The first-order chi connectivity index (χ1) is 12.0. The van der Waals surface area contributed by atoms with Crippen molar-refractivity contribution in [3.8, 4) is 0 Å². The number of fused-ring (bicyclic) bond motifs is 1. The van der Waals surface area contributed by atoms with Gasteiger partial charge in [0.1, 0.15) is 17.0 Å². The molecule has 3 atom stereocenters. The minimum absolute atomic E-state index is 0.0588. The average Bonchev–Trinajstić information content (AvgIpc) is 3.06. The summed E-state index contributed by atoms with van der Waals surface area (Å²) in [6, 6.07) is 0. The number of aromatic nitrogens is 4. The standard InChI is InChI=1S/C16H26ClN5O3Si/c1-15(2,3)24-7-10-9(23)6-16(25-10,26(4)5)22-8-19-11-12(18)20-14(17)21-13(11)22/h8-10,23,26H,6-7H2,1-5H3,(H2,18,20,21)/t9-,10+,16-/m0/s1. The minimum atomic E-state index is -1.49. The van der Waals surface area contributed by atoms with Gasteiger partial charge in [-0.15, -0.1) is 0 Å². The molecule has 3 N–H and O–H groups in total. The zero-order chi connectivity index (χ0) is 19.3. The van der Waals surface area contributed by atoms with Crippen LogP contribution in [0.5, 0.6) is 0 Å². The molecule has 10 heteroatoms. The molecule has 0 amide bonds. The van der Waals surface area contributed by atoms with Gasteiger partial charge in [0.2, 0.25) is 5.28 Å². The van der Waals surface area contributed by atoms with Crippen LogP contribution in [0.15, 0.2) is 6.33 Å². The lowest BCUT2D eigenvalue weighted by molar-refractivity contribution is -0.112. The van der Waals surface area contributed by atoms with Crippen molar-refractivity contribution < 1.29 is 14.6 Å². The average molecular weight is 400 g/mol. The smallest absolute Gasteiger partial charge is 0.226 e. The highest BCUT2D eigenvalue weighted by Gasteiger charge is 2.50. The number of aliphatic hydroxyl groups is 1. The number of anilines is 1. The van der Waals surface area contributed by atoms with Crippen molar-refractivity contribution >= 4 is 37.4 Å². The normalized spacial score (nSPS) is 26.9. The van der Waals surface area contributed by atoms with E-state index >= 15 is 0 Å². The molecule has 0 saturated carbocycles. The summed E-state index contributed by atoms with van der Waals surface area (Å²) >= 11 is 6.00. The number of halogens is 1. The van der Waals surface area contributed by atoms with Crippen LogP contribution in [0.1, 0.15) is 27.2 Å². The van der Waals surface area contributed by atoms with Gasteiger partial charge in [-0.3, -0.25) is 4.57 Å². The summed E-state index contributed by atoms with van der Waals surface area (Å²) in [4.78, 5) is 12.6. The maximum atomic E-state index is 10.7. The van der Waals surface area contributed by atoms with Crippen molar-refractivity contribution in [2.24, 2.45) is 0 Å². The van der Waals surface area contributed by atoms with Gasteiger partial charge in [0.05, 0.1) is 33.4 Å². The Hall–Kier alpha value is -1.26. The predicted octanol–water partition coefficient (Wildman–Crippen LogP) is 1.71. The summed E-state index contributed by atoms with van der Waals surface area (Å²) in [5.74, 6) is 0.227. The van der Waals surface area contributed by atoms with E-state index in [0.717, 1.165) is 0 Å². The largest absolute Gasteiger partial charge is 0.390 e. The molecule has 2 aromatic rings. The molecule has 26 heavy (non-hydrogen) atoms. The monoisotopic (exact) mass is 399 g/mol. The lowest BCUT2D eigenvalue weighted by atomic mass is 10.1. The number of ether oxygens (including phenoxy) is 2. The number of nitrogen functional groups attached to an aromatic ring is 1. The first-order valence-electron chi connectivity index (χ1n) is 8.70. The Balaban J connectivity index is 2.00. The third-order valence-corrected chi connectivity index (χ3v) is 7.30. The molecule has 1 saturated heterocycles. The van der Waals surface area contributed by atoms with Crippen LogP contribution in [0, 0.1) is 0 Å². The summed E-state index contributed by atoms with van der Waals surface area (Å²) in [7, 11) is -1.49. The van der Waals surface area contributed by atoms with Crippen LogP contribution in [0.4, 0.5) is 5.82 Å². The van der Waals surface area contributed by atoms with Crippen LogP contribution in [0.2, 0.25) is 18.4 Å². The summed E-state index contributed by atoms with van der Waals surface area (Å²) in [5.41, 5.74) is 6.63. The molecule has 0 spiro atoms. The van der Waals surface area contributed by atoms with Crippen LogP contribution in [0.3, 0.4) is 0 Å². The molecule has 3 rings (SSSR count). The van der Waals surface area contributed by atoms with E-state index in [4.69, 9.17) is 26.8 Å². The second-order valence-corrected chi connectivity index (χ2v) is 11.6. The topological polar surface area (TPSA) is 108 Å². The number of imidazole rings is 1. The first-order valence-corrected chi connectivity index (χ1v) is 12.0. The van der Waals surface area contributed by atoms with Gasteiger partial charge in [0.25, 0.3) is 0 Å². The third-order valence-electron chi connectivity index (χ3n) is 4.67. The second kappa shape index (κ2) is 6.72. The van der Waals surface area contributed by atoms with E-state index in [0.29, 0.717) is 24.2 Å². The molecule has 1 aliphatic heterocycles. The summed E-state index contributed by atoms with van der Waals surface area (Å²) < 4.78 is 14.1. The molecule has 1 fully saturated rings.